The van der Waals surface area contributed by atoms with E-state index in [4.69, 9.17) is 9.47 Å². The van der Waals surface area contributed by atoms with Crippen LogP contribution in [0.2, 0.25) is 0 Å². The number of aromatic nitrogens is 3. The molecule has 0 aliphatic carbocycles. The molecule has 5 heteroatoms. The van der Waals surface area contributed by atoms with Crippen LogP contribution in [0.4, 0.5) is 0 Å². The van der Waals surface area contributed by atoms with Crippen LogP contribution in [-0.4, -0.2) is 28.2 Å². The van der Waals surface area contributed by atoms with Crippen LogP contribution in [-0.2, 0) is 16.5 Å². The predicted molar refractivity (Wildman–Crippen MR) is 47.0 cm³/mol. The summed E-state index contributed by atoms with van der Waals surface area (Å²) in [6, 6.07) is 0. The number of hydrogen-bond acceptors (Lipinski definition) is 4. The fourth-order valence-electron chi connectivity index (χ4n) is 0.995. The van der Waals surface area contributed by atoms with Crippen molar-refractivity contribution in [1.82, 2.24) is 15.0 Å². The van der Waals surface area contributed by atoms with Gasteiger partial charge in [0.05, 0.1) is 6.20 Å². The third kappa shape index (κ3) is 2.78. The molecule has 13 heavy (non-hydrogen) atoms. The van der Waals surface area contributed by atoms with Gasteiger partial charge in [0.2, 0.25) is 6.29 Å². The van der Waals surface area contributed by atoms with Crippen LogP contribution < -0.4 is 0 Å². The fraction of sp³-hybridized carbons (Fsp3) is 0.750. The Morgan fingerprint density at radius 2 is 2.00 bits per heavy atom. The van der Waals surface area contributed by atoms with Gasteiger partial charge in [0.1, 0.15) is 5.69 Å². The highest BCUT2D eigenvalue weighted by Crippen LogP contribution is 2.14. The van der Waals surface area contributed by atoms with E-state index in [1.165, 1.54) is 0 Å². The molecule has 0 bridgehead atoms. The van der Waals surface area contributed by atoms with Crippen molar-refractivity contribution < 1.29 is 9.47 Å². The van der Waals surface area contributed by atoms with E-state index < -0.39 is 0 Å². The normalized spacial score (nSPS) is 11.1. The van der Waals surface area contributed by atoms with Crippen molar-refractivity contribution in [3.8, 4) is 0 Å². The smallest absolute Gasteiger partial charge is 0.204 e. The highest BCUT2D eigenvalue weighted by Gasteiger charge is 2.14. The Hall–Kier alpha value is -0.940. The van der Waals surface area contributed by atoms with Gasteiger partial charge in [-0.2, -0.15) is 0 Å². The van der Waals surface area contributed by atoms with Gasteiger partial charge >= 0.3 is 0 Å². The molecule has 0 amide bonds. The first-order chi connectivity index (χ1) is 6.27. The lowest BCUT2D eigenvalue weighted by molar-refractivity contribution is -0.142. The van der Waals surface area contributed by atoms with Gasteiger partial charge in [-0.25, -0.2) is 0 Å². The summed E-state index contributed by atoms with van der Waals surface area (Å²) in [7, 11) is 1.81. The van der Waals surface area contributed by atoms with Crippen LogP contribution in [0, 0.1) is 0 Å². The fourth-order valence-corrected chi connectivity index (χ4v) is 0.995. The minimum atomic E-state index is -0.385. The van der Waals surface area contributed by atoms with Gasteiger partial charge in [-0.15, -0.1) is 5.10 Å². The maximum Gasteiger partial charge on any atom is 0.204 e. The summed E-state index contributed by atoms with van der Waals surface area (Å²) < 4.78 is 12.3. The first-order valence-electron chi connectivity index (χ1n) is 4.37. The molecule has 0 aliphatic heterocycles. The van der Waals surface area contributed by atoms with Crippen LogP contribution in [0.25, 0.3) is 0 Å². The Balaban J connectivity index is 2.63. The summed E-state index contributed by atoms with van der Waals surface area (Å²) in [4.78, 5) is 0. The van der Waals surface area contributed by atoms with Crippen LogP contribution in [0.1, 0.15) is 25.8 Å². The molecule has 1 aromatic rings. The summed E-state index contributed by atoms with van der Waals surface area (Å²) in [5, 5.41) is 7.72. The van der Waals surface area contributed by atoms with E-state index in [2.05, 4.69) is 10.3 Å². The summed E-state index contributed by atoms with van der Waals surface area (Å²) in [5.41, 5.74) is 0.714. The molecular weight excluding hydrogens is 170 g/mol. The molecule has 0 radical (unpaired) electrons. The quantitative estimate of drug-likeness (QED) is 0.639. The van der Waals surface area contributed by atoms with Crippen LogP contribution in [0.5, 0.6) is 0 Å². The SMILES string of the molecule is CCOC(OCC)c1cn(C)nn1. The van der Waals surface area contributed by atoms with Crippen LogP contribution in [0.15, 0.2) is 6.20 Å². The van der Waals surface area contributed by atoms with E-state index in [1.54, 1.807) is 10.9 Å². The van der Waals surface area contributed by atoms with E-state index in [-0.39, 0.29) is 6.29 Å². The number of rotatable bonds is 5. The monoisotopic (exact) mass is 185 g/mol. The second-order valence-electron chi connectivity index (χ2n) is 2.56. The van der Waals surface area contributed by atoms with Crippen LogP contribution in [0.3, 0.4) is 0 Å². The maximum absolute atomic E-state index is 5.34. The number of aryl methyl sites for hydroxylation is 1. The Labute approximate surface area is 77.6 Å². The number of ether oxygens (including phenoxy) is 2. The molecule has 1 heterocycles. The van der Waals surface area contributed by atoms with Crippen molar-refractivity contribution in [1.29, 1.82) is 0 Å². The third-order valence-corrected chi connectivity index (χ3v) is 1.50. The zero-order valence-corrected chi connectivity index (χ0v) is 8.23. The van der Waals surface area contributed by atoms with Gasteiger partial charge in [0.25, 0.3) is 0 Å². The lowest BCUT2D eigenvalue weighted by Gasteiger charge is -2.13. The molecule has 0 fully saturated rings. The van der Waals surface area contributed by atoms with Crippen molar-refractivity contribution in [2.75, 3.05) is 13.2 Å². The van der Waals surface area contributed by atoms with Crippen molar-refractivity contribution in [3.05, 3.63) is 11.9 Å². The average Bonchev–Trinajstić information content (AvgIpc) is 2.51. The van der Waals surface area contributed by atoms with E-state index >= 15 is 0 Å². The highest BCUT2D eigenvalue weighted by molar-refractivity contribution is 4.93. The molecule has 0 aromatic carbocycles. The van der Waals surface area contributed by atoms with Crippen molar-refractivity contribution in [2.24, 2.45) is 7.05 Å². The van der Waals surface area contributed by atoms with Gasteiger partial charge in [-0.1, -0.05) is 5.21 Å². The maximum atomic E-state index is 5.34. The molecule has 0 atom stereocenters. The number of nitrogens with zero attached hydrogens (tertiary/aromatic N) is 3. The molecule has 1 rings (SSSR count). The standard InChI is InChI=1S/C8H15N3O2/c1-4-12-8(13-5-2)7-6-11(3)10-9-7/h6,8H,4-5H2,1-3H3. The predicted octanol–water partition coefficient (Wildman–Crippen LogP) is 0.887. The van der Waals surface area contributed by atoms with Crippen molar-refractivity contribution in [3.63, 3.8) is 0 Å². The van der Waals surface area contributed by atoms with Gasteiger partial charge < -0.3 is 9.47 Å². The van der Waals surface area contributed by atoms with E-state index in [9.17, 15) is 0 Å². The molecule has 0 N–H and O–H groups in total. The molecule has 0 saturated carbocycles. The zero-order chi connectivity index (χ0) is 9.68. The lowest BCUT2D eigenvalue weighted by Crippen LogP contribution is -2.09. The average molecular weight is 185 g/mol. The first-order valence-corrected chi connectivity index (χ1v) is 4.37. The van der Waals surface area contributed by atoms with E-state index in [0.717, 1.165) is 0 Å². The molecule has 0 unspecified atom stereocenters. The summed E-state index contributed by atoms with van der Waals surface area (Å²) in [5.74, 6) is 0. The molecule has 0 saturated heterocycles. The molecule has 1 aromatic heterocycles. The summed E-state index contributed by atoms with van der Waals surface area (Å²) >= 11 is 0. The topological polar surface area (TPSA) is 49.2 Å². The Morgan fingerprint density at radius 1 is 1.38 bits per heavy atom. The van der Waals surface area contributed by atoms with Gasteiger partial charge in [0, 0.05) is 20.3 Å². The molecule has 0 spiro atoms. The molecule has 5 nitrogen and oxygen atoms in total. The lowest BCUT2D eigenvalue weighted by atomic mass is 10.4. The highest BCUT2D eigenvalue weighted by atomic mass is 16.7. The van der Waals surface area contributed by atoms with Gasteiger partial charge in [-0.3, -0.25) is 4.68 Å². The van der Waals surface area contributed by atoms with E-state index in [1.807, 2.05) is 20.9 Å². The minimum Gasteiger partial charge on any atom is -0.347 e. The Morgan fingerprint density at radius 3 is 2.38 bits per heavy atom. The zero-order valence-electron chi connectivity index (χ0n) is 8.23. The van der Waals surface area contributed by atoms with Crippen LogP contribution >= 0.6 is 0 Å². The first kappa shape index (κ1) is 10.1. The molecule has 0 aliphatic rings. The second kappa shape index (κ2) is 4.94. The van der Waals surface area contributed by atoms with Crippen molar-refractivity contribution >= 4 is 0 Å². The summed E-state index contributed by atoms with van der Waals surface area (Å²) in [6.07, 6.45) is 1.40. The minimum absolute atomic E-state index is 0.385. The molecular formula is C8H15N3O2. The Bertz CT molecular complexity index is 243. The van der Waals surface area contributed by atoms with Crippen molar-refractivity contribution in [2.45, 2.75) is 20.1 Å². The van der Waals surface area contributed by atoms with Gasteiger partial charge in [0.15, 0.2) is 0 Å². The Kier molecular flexibility index (Phi) is 3.85. The largest absolute Gasteiger partial charge is 0.347 e. The second-order valence-corrected chi connectivity index (χ2v) is 2.56. The number of hydrogen-bond donors (Lipinski definition) is 0. The third-order valence-electron chi connectivity index (χ3n) is 1.50. The summed E-state index contributed by atoms with van der Waals surface area (Å²) in [6.45, 7) is 5.03. The molecule has 74 valence electrons. The van der Waals surface area contributed by atoms with E-state index in [0.29, 0.717) is 18.9 Å². The van der Waals surface area contributed by atoms with Gasteiger partial charge in [-0.05, 0) is 13.8 Å².